The highest BCUT2D eigenvalue weighted by molar-refractivity contribution is 7.05. The Labute approximate surface area is 109 Å². The molecule has 2 aromatic rings. The number of nitrogens with zero attached hydrogens (tertiary/aromatic N) is 3. The average Bonchev–Trinajstić information content (AvgIpc) is 3.00. The second-order valence-corrected chi connectivity index (χ2v) is 5.47. The van der Waals surface area contributed by atoms with Crippen molar-refractivity contribution in [3.63, 3.8) is 0 Å². The number of carbonyl (C=O) groups is 1. The summed E-state index contributed by atoms with van der Waals surface area (Å²) in [4.78, 5) is 12.8. The van der Waals surface area contributed by atoms with Crippen LogP contribution in [-0.4, -0.2) is 20.1 Å². The van der Waals surface area contributed by atoms with Gasteiger partial charge in [0.1, 0.15) is 5.69 Å². The lowest BCUT2D eigenvalue weighted by molar-refractivity contribution is 0.0946. The molecule has 6 heteroatoms. The second kappa shape index (κ2) is 4.53. The zero-order chi connectivity index (χ0) is 12.5. The molecule has 0 unspecified atom stereocenters. The van der Waals surface area contributed by atoms with Gasteiger partial charge in [-0.1, -0.05) is 0 Å². The Morgan fingerprint density at radius 1 is 1.56 bits per heavy atom. The van der Waals surface area contributed by atoms with E-state index < -0.39 is 0 Å². The number of fused-ring (bicyclic) bond motifs is 1. The van der Waals surface area contributed by atoms with Crippen LogP contribution >= 0.6 is 11.5 Å². The topological polar surface area (TPSA) is 59.8 Å². The van der Waals surface area contributed by atoms with Gasteiger partial charge >= 0.3 is 0 Å². The lowest BCUT2D eigenvalue weighted by Gasteiger charge is -2.00. The standard InChI is InChI=1S/C12H14N4OS/c1-8-5-11(15-18-8)12(17)13-7-9-6-10-3-2-4-16(10)14-9/h5-6H,2-4,7H2,1H3,(H,13,17). The van der Waals surface area contributed by atoms with Gasteiger partial charge < -0.3 is 5.32 Å². The molecule has 1 amide bonds. The monoisotopic (exact) mass is 262 g/mol. The molecular formula is C12H14N4OS. The number of aryl methyl sites for hydroxylation is 3. The average molecular weight is 262 g/mol. The fraction of sp³-hybridized carbons (Fsp3) is 0.417. The van der Waals surface area contributed by atoms with Gasteiger partial charge in [0.2, 0.25) is 0 Å². The number of rotatable bonds is 3. The summed E-state index contributed by atoms with van der Waals surface area (Å²) < 4.78 is 6.10. The number of amides is 1. The minimum absolute atomic E-state index is 0.132. The Balaban J connectivity index is 1.62. The minimum Gasteiger partial charge on any atom is -0.345 e. The summed E-state index contributed by atoms with van der Waals surface area (Å²) >= 11 is 1.34. The highest BCUT2D eigenvalue weighted by Gasteiger charge is 2.14. The van der Waals surface area contributed by atoms with Crippen molar-refractivity contribution < 1.29 is 4.79 Å². The van der Waals surface area contributed by atoms with Crippen molar-refractivity contribution in [2.24, 2.45) is 0 Å². The van der Waals surface area contributed by atoms with Gasteiger partial charge in [-0.05, 0) is 43.4 Å². The minimum atomic E-state index is -0.132. The normalized spacial score (nSPS) is 13.6. The van der Waals surface area contributed by atoms with Gasteiger partial charge in [0.05, 0.1) is 12.2 Å². The van der Waals surface area contributed by atoms with Gasteiger partial charge in [-0.25, -0.2) is 0 Å². The number of aromatic nitrogens is 3. The molecule has 1 N–H and O–H groups in total. The third-order valence-electron chi connectivity index (χ3n) is 3.01. The van der Waals surface area contributed by atoms with E-state index in [0.29, 0.717) is 12.2 Å². The van der Waals surface area contributed by atoms with Crippen LogP contribution in [0.3, 0.4) is 0 Å². The van der Waals surface area contributed by atoms with Crippen LogP contribution < -0.4 is 5.32 Å². The Kier molecular flexibility index (Phi) is 2.87. The van der Waals surface area contributed by atoms with Crippen molar-refractivity contribution in [2.45, 2.75) is 32.9 Å². The number of carbonyl (C=O) groups excluding carboxylic acids is 1. The third kappa shape index (κ3) is 2.15. The van der Waals surface area contributed by atoms with Crippen LogP contribution in [0.2, 0.25) is 0 Å². The molecule has 2 aromatic heterocycles. The highest BCUT2D eigenvalue weighted by Crippen LogP contribution is 2.15. The van der Waals surface area contributed by atoms with Crippen LogP contribution in [0.4, 0.5) is 0 Å². The first-order valence-electron chi connectivity index (χ1n) is 5.99. The Morgan fingerprint density at radius 3 is 3.17 bits per heavy atom. The first kappa shape index (κ1) is 11.4. The molecule has 0 saturated heterocycles. The van der Waals surface area contributed by atoms with E-state index in [9.17, 15) is 4.79 Å². The molecule has 3 heterocycles. The molecule has 18 heavy (non-hydrogen) atoms. The Bertz CT molecular complexity index is 565. The summed E-state index contributed by atoms with van der Waals surface area (Å²) in [6, 6.07) is 3.87. The molecule has 0 saturated carbocycles. The quantitative estimate of drug-likeness (QED) is 0.912. The van der Waals surface area contributed by atoms with Crippen LogP contribution in [0, 0.1) is 6.92 Å². The maximum atomic E-state index is 11.8. The summed E-state index contributed by atoms with van der Waals surface area (Å²) in [7, 11) is 0. The predicted molar refractivity (Wildman–Crippen MR) is 68.6 cm³/mol. The Morgan fingerprint density at radius 2 is 2.44 bits per heavy atom. The van der Waals surface area contributed by atoms with Gasteiger partial charge in [0.25, 0.3) is 5.91 Å². The van der Waals surface area contributed by atoms with Crippen LogP contribution in [-0.2, 0) is 19.5 Å². The molecule has 5 nitrogen and oxygen atoms in total. The van der Waals surface area contributed by atoms with E-state index in [-0.39, 0.29) is 5.91 Å². The summed E-state index contributed by atoms with van der Waals surface area (Å²) in [5.74, 6) is -0.132. The predicted octanol–water partition coefficient (Wildman–Crippen LogP) is 1.52. The summed E-state index contributed by atoms with van der Waals surface area (Å²) in [5.41, 5.74) is 2.68. The molecule has 0 radical (unpaired) electrons. The molecular weight excluding hydrogens is 248 g/mol. The third-order valence-corrected chi connectivity index (χ3v) is 3.70. The van der Waals surface area contributed by atoms with Gasteiger partial charge in [-0.3, -0.25) is 9.48 Å². The van der Waals surface area contributed by atoms with E-state index in [1.54, 1.807) is 6.07 Å². The molecule has 1 aliphatic heterocycles. The number of nitrogens with one attached hydrogen (secondary N) is 1. The fourth-order valence-electron chi connectivity index (χ4n) is 2.14. The molecule has 1 aliphatic rings. The first-order valence-corrected chi connectivity index (χ1v) is 6.77. The number of hydrogen-bond acceptors (Lipinski definition) is 4. The van der Waals surface area contributed by atoms with Crippen LogP contribution in [0.5, 0.6) is 0 Å². The molecule has 0 spiro atoms. The fourth-order valence-corrected chi connectivity index (χ4v) is 2.68. The van der Waals surface area contributed by atoms with Crippen LogP contribution in [0.15, 0.2) is 12.1 Å². The maximum absolute atomic E-state index is 11.8. The summed E-state index contributed by atoms with van der Waals surface area (Å²) in [5, 5.41) is 7.29. The van der Waals surface area contributed by atoms with E-state index in [2.05, 4.69) is 20.9 Å². The Hall–Kier alpha value is -1.69. The lowest BCUT2D eigenvalue weighted by Crippen LogP contribution is -2.23. The van der Waals surface area contributed by atoms with Crippen LogP contribution in [0.25, 0.3) is 0 Å². The van der Waals surface area contributed by atoms with Gasteiger partial charge in [0.15, 0.2) is 0 Å². The molecule has 0 bridgehead atoms. The molecule has 94 valence electrons. The zero-order valence-electron chi connectivity index (χ0n) is 10.1. The van der Waals surface area contributed by atoms with E-state index in [0.717, 1.165) is 23.5 Å². The maximum Gasteiger partial charge on any atom is 0.271 e. The van der Waals surface area contributed by atoms with Gasteiger partial charge in [0, 0.05) is 17.1 Å². The summed E-state index contributed by atoms with van der Waals surface area (Å²) in [6.45, 7) is 3.40. The summed E-state index contributed by atoms with van der Waals surface area (Å²) in [6.07, 6.45) is 2.26. The smallest absolute Gasteiger partial charge is 0.271 e. The molecule has 0 aromatic carbocycles. The molecule has 3 rings (SSSR count). The molecule has 0 aliphatic carbocycles. The van der Waals surface area contributed by atoms with Crippen molar-refractivity contribution in [3.8, 4) is 0 Å². The lowest BCUT2D eigenvalue weighted by atomic mass is 10.2. The highest BCUT2D eigenvalue weighted by atomic mass is 32.1. The van der Waals surface area contributed by atoms with Gasteiger partial charge in [-0.2, -0.15) is 9.47 Å². The van der Waals surface area contributed by atoms with E-state index >= 15 is 0 Å². The van der Waals surface area contributed by atoms with Crippen molar-refractivity contribution in [1.29, 1.82) is 0 Å². The van der Waals surface area contributed by atoms with Crippen molar-refractivity contribution in [3.05, 3.63) is 34.1 Å². The molecule has 0 fully saturated rings. The largest absolute Gasteiger partial charge is 0.345 e. The first-order chi connectivity index (χ1) is 8.72. The van der Waals surface area contributed by atoms with Crippen molar-refractivity contribution in [2.75, 3.05) is 0 Å². The van der Waals surface area contributed by atoms with E-state index in [1.807, 2.05) is 11.6 Å². The van der Waals surface area contributed by atoms with Crippen molar-refractivity contribution in [1.82, 2.24) is 19.5 Å². The molecule has 0 atom stereocenters. The van der Waals surface area contributed by atoms with Crippen LogP contribution in [0.1, 0.15) is 33.2 Å². The zero-order valence-corrected chi connectivity index (χ0v) is 11.0. The van der Waals surface area contributed by atoms with Crippen molar-refractivity contribution >= 4 is 17.4 Å². The van der Waals surface area contributed by atoms with Gasteiger partial charge in [-0.15, -0.1) is 0 Å². The number of hydrogen-bond donors (Lipinski definition) is 1. The van der Waals surface area contributed by atoms with E-state index in [1.165, 1.54) is 23.6 Å². The van der Waals surface area contributed by atoms with E-state index in [4.69, 9.17) is 0 Å². The SMILES string of the molecule is Cc1cc(C(=O)NCc2cc3n(n2)CCC3)ns1. The second-order valence-electron chi connectivity index (χ2n) is 4.46.